The third-order valence-corrected chi connectivity index (χ3v) is 6.32. The Morgan fingerprint density at radius 1 is 1.38 bits per heavy atom. The Kier molecular flexibility index (Phi) is 5.61. The molecule has 0 spiro atoms. The fourth-order valence-electron chi connectivity index (χ4n) is 3.88. The standard InChI is InChI=1S/C17H30N6S/c1-18-16(19-10-13-11-24-17(21-13)22(2)3)20-12-8-14-6-5-7-15(9-12)23(14)4/h11-12,14-15H,5-10H2,1-4H3,(H2,18,19,20). The Morgan fingerprint density at radius 3 is 2.67 bits per heavy atom. The normalized spacial score (nSPS) is 27.8. The summed E-state index contributed by atoms with van der Waals surface area (Å²) in [5.74, 6) is 0.891. The van der Waals surface area contributed by atoms with Crippen LogP contribution in [0.2, 0.25) is 0 Å². The molecule has 24 heavy (non-hydrogen) atoms. The van der Waals surface area contributed by atoms with Crippen LogP contribution in [0.3, 0.4) is 0 Å². The highest BCUT2D eigenvalue weighted by atomic mass is 32.1. The second-order valence-electron chi connectivity index (χ2n) is 7.16. The number of piperidine rings is 2. The highest BCUT2D eigenvalue weighted by Crippen LogP contribution is 2.32. The molecule has 2 bridgehead atoms. The maximum Gasteiger partial charge on any atom is 0.191 e. The number of rotatable bonds is 4. The zero-order chi connectivity index (χ0) is 17.1. The first kappa shape index (κ1) is 17.5. The number of fused-ring (bicyclic) bond motifs is 2. The Balaban J connectivity index is 1.51. The van der Waals surface area contributed by atoms with Gasteiger partial charge in [0.1, 0.15) is 0 Å². The molecule has 3 rings (SSSR count). The van der Waals surface area contributed by atoms with Crippen LogP contribution in [0.15, 0.2) is 10.4 Å². The van der Waals surface area contributed by atoms with Gasteiger partial charge in [-0.1, -0.05) is 6.42 Å². The van der Waals surface area contributed by atoms with Gasteiger partial charge in [-0.3, -0.25) is 4.99 Å². The minimum atomic E-state index is 0.524. The lowest BCUT2D eigenvalue weighted by Gasteiger charge is -2.47. The summed E-state index contributed by atoms with van der Waals surface area (Å²) in [5, 5.41) is 10.2. The van der Waals surface area contributed by atoms with E-state index in [0.717, 1.165) is 28.9 Å². The van der Waals surface area contributed by atoms with Crippen molar-refractivity contribution in [1.29, 1.82) is 0 Å². The molecule has 0 aliphatic carbocycles. The summed E-state index contributed by atoms with van der Waals surface area (Å²) in [6.45, 7) is 0.712. The zero-order valence-corrected chi connectivity index (χ0v) is 16.1. The molecule has 7 heteroatoms. The molecule has 0 aromatic carbocycles. The number of nitrogens with one attached hydrogen (secondary N) is 2. The van der Waals surface area contributed by atoms with E-state index < -0.39 is 0 Å². The molecular formula is C17H30N6S. The summed E-state index contributed by atoms with van der Waals surface area (Å²) >= 11 is 1.67. The van der Waals surface area contributed by atoms with Gasteiger partial charge in [-0.15, -0.1) is 11.3 Å². The van der Waals surface area contributed by atoms with Gasteiger partial charge in [0, 0.05) is 44.6 Å². The Hall–Kier alpha value is -1.34. The van der Waals surface area contributed by atoms with Crippen molar-refractivity contribution >= 4 is 22.4 Å². The van der Waals surface area contributed by atoms with Crippen LogP contribution < -0.4 is 15.5 Å². The molecule has 2 fully saturated rings. The summed E-state index contributed by atoms with van der Waals surface area (Å²) in [6, 6.07) is 1.99. The van der Waals surface area contributed by atoms with Gasteiger partial charge in [-0.2, -0.15) is 0 Å². The number of aliphatic imine (C=N–C) groups is 1. The van der Waals surface area contributed by atoms with Gasteiger partial charge in [0.25, 0.3) is 0 Å². The van der Waals surface area contributed by atoms with Crippen LogP contribution in [0.25, 0.3) is 0 Å². The first-order valence-corrected chi connectivity index (χ1v) is 9.75. The van der Waals surface area contributed by atoms with E-state index in [1.165, 1.54) is 32.1 Å². The lowest BCUT2D eigenvalue weighted by Crippen LogP contribution is -2.56. The van der Waals surface area contributed by atoms with Crippen molar-refractivity contribution in [3.63, 3.8) is 0 Å². The maximum absolute atomic E-state index is 4.61. The lowest BCUT2D eigenvalue weighted by molar-refractivity contribution is 0.0526. The van der Waals surface area contributed by atoms with Gasteiger partial charge in [0.2, 0.25) is 0 Å². The van der Waals surface area contributed by atoms with E-state index in [0.29, 0.717) is 12.6 Å². The Morgan fingerprint density at radius 2 is 2.08 bits per heavy atom. The van der Waals surface area contributed by atoms with Gasteiger partial charge in [0.05, 0.1) is 12.2 Å². The molecule has 0 radical (unpaired) electrons. The van der Waals surface area contributed by atoms with Gasteiger partial charge in [0.15, 0.2) is 11.1 Å². The van der Waals surface area contributed by atoms with E-state index in [4.69, 9.17) is 0 Å². The fourth-order valence-corrected chi connectivity index (χ4v) is 4.64. The van der Waals surface area contributed by atoms with Crippen LogP contribution in [0.4, 0.5) is 5.13 Å². The van der Waals surface area contributed by atoms with Crippen molar-refractivity contribution in [3.05, 3.63) is 11.1 Å². The molecule has 2 aliphatic heterocycles. The summed E-state index contributed by atoms with van der Waals surface area (Å²) in [5.41, 5.74) is 1.06. The van der Waals surface area contributed by atoms with E-state index in [-0.39, 0.29) is 0 Å². The Labute approximate surface area is 149 Å². The first-order valence-electron chi connectivity index (χ1n) is 8.87. The van der Waals surface area contributed by atoms with Crippen LogP contribution in [0.5, 0.6) is 0 Å². The van der Waals surface area contributed by atoms with Crippen LogP contribution >= 0.6 is 11.3 Å². The largest absolute Gasteiger partial charge is 0.354 e. The Bertz CT molecular complexity index is 555. The average molecular weight is 351 g/mol. The molecule has 6 nitrogen and oxygen atoms in total. The molecule has 134 valence electrons. The molecule has 2 N–H and O–H groups in total. The number of hydrogen-bond donors (Lipinski definition) is 2. The SMILES string of the molecule is CN=C(NCc1csc(N(C)C)n1)NC1CC2CCCC(C1)N2C. The van der Waals surface area contributed by atoms with Crippen molar-refractivity contribution in [2.45, 2.75) is 56.8 Å². The number of nitrogens with zero attached hydrogens (tertiary/aromatic N) is 4. The highest BCUT2D eigenvalue weighted by molar-refractivity contribution is 7.13. The summed E-state index contributed by atoms with van der Waals surface area (Å²) < 4.78 is 0. The minimum Gasteiger partial charge on any atom is -0.354 e. The first-order chi connectivity index (χ1) is 11.6. The molecular weight excluding hydrogens is 320 g/mol. The van der Waals surface area contributed by atoms with Crippen molar-refractivity contribution < 1.29 is 0 Å². The topological polar surface area (TPSA) is 55.8 Å². The predicted molar refractivity (Wildman–Crippen MR) is 102 cm³/mol. The van der Waals surface area contributed by atoms with Crippen molar-refractivity contribution in [2.75, 3.05) is 33.1 Å². The third kappa shape index (κ3) is 4.00. The maximum atomic E-state index is 4.61. The molecule has 1 aromatic rings. The van der Waals surface area contributed by atoms with Gasteiger partial charge >= 0.3 is 0 Å². The fraction of sp³-hybridized carbons (Fsp3) is 0.765. The molecule has 2 saturated heterocycles. The van der Waals surface area contributed by atoms with Crippen LogP contribution in [0.1, 0.15) is 37.8 Å². The van der Waals surface area contributed by atoms with Gasteiger partial charge in [-0.25, -0.2) is 4.98 Å². The lowest BCUT2D eigenvalue weighted by atomic mass is 9.82. The summed E-state index contributed by atoms with van der Waals surface area (Å²) in [7, 11) is 8.18. The van der Waals surface area contributed by atoms with E-state index in [2.05, 4.69) is 37.9 Å². The smallest absolute Gasteiger partial charge is 0.191 e. The highest BCUT2D eigenvalue weighted by Gasteiger charge is 2.36. The third-order valence-electron chi connectivity index (χ3n) is 5.26. The molecule has 2 atom stereocenters. The second-order valence-corrected chi connectivity index (χ2v) is 7.99. The average Bonchev–Trinajstić information content (AvgIpc) is 3.01. The van der Waals surface area contributed by atoms with E-state index >= 15 is 0 Å². The number of thiazole rings is 1. The van der Waals surface area contributed by atoms with E-state index in [1.54, 1.807) is 11.3 Å². The molecule has 0 saturated carbocycles. The van der Waals surface area contributed by atoms with Crippen LogP contribution in [-0.2, 0) is 6.54 Å². The number of guanidine groups is 1. The number of hydrogen-bond acceptors (Lipinski definition) is 5. The van der Waals surface area contributed by atoms with Crippen LogP contribution in [-0.4, -0.2) is 62.2 Å². The summed E-state index contributed by atoms with van der Waals surface area (Å²) in [6.07, 6.45) is 6.49. The van der Waals surface area contributed by atoms with E-state index in [1.807, 2.05) is 26.0 Å². The predicted octanol–water partition coefficient (Wildman–Crippen LogP) is 1.89. The zero-order valence-electron chi connectivity index (χ0n) is 15.2. The van der Waals surface area contributed by atoms with E-state index in [9.17, 15) is 0 Å². The molecule has 1 aromatic heterocycles. The van der Waals surface area contributed by atoms with Crippen molar-refractivity contribution in [1.82, 2.24) is 20.5 Å². The van der Waals surface area contributed by atoms with Crippen LogP contribution in [0, 0.1) is 0 Å². The minimum absolute atomic E-state index is 0.524. The number of anilines is 1. The number of aromatic nitrogens is 1. The molecule has 3 heterocycles. The van der Waals surface area contributed by atoms with Crippen molar-refractivity contribution in [3.8, 4) is 0 Å². The van der Waals surface area contributed by atoms with Gasteiger partial charge in [-0.05, 0) is 32.7 Å². The molecule has 2 unspecified atom stereocenters. The van der Waals surface area contributed by atoms with Gasteiger partial charge < -0.3 is 20.4 Å². The monoisotopic (exact) mass is 350 g/mol. The molecule has 0 amide bonds. The summed E-state index contributed by atoms with van der Waals surface area (Å²) in [4.78, 5) is 13.6. The quantitative estimate of drug-likeness (QED) is 0.641. The molecule has 2 aliphatic rings. The van der Waals surface area contributed by atoms with Crippen molar-refractivity contribution in [2.24, 2.45) is 4.99 Å². The second kappa shape index (κ2) is 7.70.